The molecule has 6 heteroatoms. The van der Waals surface area contributed by atoms with Gasteiger partial charge >= 0.3 is 0 Å². The highest BCUT2D eigenvalue weighted by Crippen LogP contribution is 2.29. The Morgan fingerprint density at radius 3 is 2.25 bits per heavy atom. The summed E-state index contributed by atoms with van der Waals surface area (Å²) in [7, 11) is 1.60. The van der Waals surface area contributed by atoms with Gasteiger partial charge in [-0.1, -0.05) is 30.4 Å². The lowest BCUT2D eigenvalue weighted by Crippen LogP contribution is -2.33. The monoisotopic (exact) mass is 413 g/mol. The molecule has 0 atom stereocenters. The van der Waals surface area contributed by atoms with Crippen molar-refractivity contribution in [3.05, 3.63) is 74.6 Å². The molecule has 3 rings (SSSR count). The van der Waals surface area contributed by atoms with Crippen LogP contribution in [0.2, 0.25) is 0 Å². The first-order valence-electron chi connectivity index (χ1n) is 8.95. The van der Waals surface area contributed by atoms with E-state index in [9.17, 15) is 4.79 Å². The Balaban J connectivity index is 1.69. The fourth-order valence-electron chi connectivity index (χ4n) is 2.74. The van der Waals surface area contributed by atoms with Crippen LogP contribution < -0.4 is 9.47 Å². The second-order valence-corrected chi connectivity index (χ2v) is 8.17. The van der Waals surface area contributed by atoms with Crippen LogP contribution in [0.5, 0.6) is 11.5 Å². The lowest BCUT2D eigenvalue weighted by atomic mass is 10.2. The summed E-state index contributed by atoms with van der Waals surface area (Å²) in [5.74, 6) is 1.13. The molecule has 2 heterocycles. The van der Waals surface area contributed by atoms with Crippen molar-refractivity contribution >= 4 is 34.7 Å². The Kier molecular flexibility index (Phi) is 7.28. The minimum atomic E-state index is -0.0543. The molecule has 1 aromatic carbocycles. The lowest BCUT2D eigenvalue weighted by molar-refractivity contribution is -0.134. The number of carbonyl (C=O) groups excluding carboxylic acids is 1. The molecule has 0 bridgehead atoms. The summed E-state index contributed by atoms with van der Waals surface area (Å²) < 4.78 is 11.2. The van der Waals surface area contributed by atoms with Gasteiger partial charge in [-0.25, -0.2) is 0 Å². The standard InChI is InChI=1S/C22H23NO3S2/c1-3-6-17-9-10-20(21(13-17)25-2)26-16-22(24)23(14-18-7-4-11-27-18)15-19-8-5-12-28-19/h3-13H,14-16H2,1-2H3/b6-3+. The van der Waals surface area contributed by atoms with Crippen molar-refractivity contribution in [2.45, 2.75) is 20.0 Å². The van der Waals surface area contributed by atoms with E-state index in [-0.39, 0.29) is 12.5 Å². The number of benzene rings is 1. The number of hydrogen-bond acceptors (Lipinski definition) is 5. The smallest absolute Gasteiger partial charge is 0.261 e. The number of hydrogen-bond donors (Lipinski definition) is 0. The quantitative estimate of drug-likeness (QED) is 0.468. The molecule has 4 nitrogen and oxygen atoms in total. The molecule has 1 amide bonds. The summed E-state index contributed by atoms with van der Waals surface area (Å²) in [6.45, 7) is 3.09. The first kappa shape index (κ1) is 20.2. The Hall–Kier alpha value is -2.57. The Bertz CT molecular complexity index is 866. The number of carbonyl (C=O) groups is 1. The molecule has 0 spiro atoms. The Morgan fingerprint density at radius 2 is 1.71 bits per heavy atom. The van der Waals surface area contributed by atoms with Gasteiger partial charge in [0.15, 0.2) is 18.1 Å². The van der Waals surface area contributed by atoms with Crippen LogP contribution in [0.4, 0.5) is 0 Å². The predicted octanol–water partition coefficient (Wildman–Crippen LogP) is 5.46. The molecule has 146 valence electrons. The molecule has 0 saturated heterocycles. The van der Waals surface area contributed by atoms with Gasteiger partial charge in [-0.2, -0.15) is 0 Å². The van der Waals surface area contributed by atoms with Gasteiger partial charge in [0.1, 0.15) is 0 Å². The van der Waals surface area contributed by atoms with Gasteiger partial charge in [0, 0.05) is 9.75 Å². The SMILES string of the molecule is C/C=C/c1ccc(OCC(=O)N(Cc2cccs2)Cc2cccs2)c(OC)c1. The zero-order valence-corrected chi connectivity index (χ0v) is 17.6. The summed E-state index contributed by atoms with van der Waals surface area (Å²) in [6, 6.07) is 13.8. The maximum atomic E-state index is 12.9. The van der Waals surface area contributed by atoms with Gasteiger partial charge < -0.3 is 14.4 Å². The minimum absolute atomic E-state index is 0.0317. The van der Waals surface area contributed by atoms with E-state index in [0.717, 1.165) is 15.3 Å². The van der Waals surface area contributed by atoms with Crippen LogP contribution in [0.15, 0.2) is 59.3 Å². The molecule has 28 heavy (non-hydrogen) atoms. The van der Waals surface area contributed by atoms with Gasteiger partial charge in [0.2, 0.25) is 0 Å². The summed E-state index contributed by atoms with van der Waals surface area (Å²) in [6.07, 6.45) is 3.95. The number of ether oxygens (including phenoxy) is 2. The van der Waals surface area contributed by atoms with Crippen LogP contribution in [0, 0.1) is 0 Å². The van der Waals surface area contributed by atoms with Crippen molar-refractivity contribution in [3.8, 4) is 11.5 Å². The number of amides is 1. The molecule has 0 fully saturated rings. The van der Waals surface area contributed by atoms with Gasteiger partial charge in [0.05, 0.1) is 20.2 Å². The molecule has 0 aliphatic heterocycles. The maximum Gasteiger partial charge on any atom is 0.261 e. The van der Waals surface area contributed by atoms with Crippen molar-refractivity contribution in [3.63, 3.8) is 0 Å². The van der Waals surface area contributed by atoms with Crippen molar-refractivity contribution in [1.29, 1.82) is 0 Å². The summed E-state index contributed by atoms with van der Waals surface area (Å²) >= 11 is 3.30. The number of nitrogens with zero attached hydrogens (tertiary/aromatic N) is 1. The van der Waals surface area contributed by atoms with Crippen LogP contribution >= 0.6 is 22.7 Å². The molecule has 0 N–H and O–H groups in total. The van der Waals surface area contributed by atoms with Gasteiger partial charge in [-0.05, 0) is 47.5 Å². The van der Waals surface area contributed by atoms with Crippen LogP contribution in [0.3, 0.4) is 0 Å². The van der Waals surface area contributed by atoms with E-state index < -0.39 is 0 Å². The molecule has 3 aromatic rings. The van der Waals surface area contributed by atoms with E-state index in [0.29, 0.717) is 24.6 Å². The normalized spacial score (nSPS) is 10.9. The van der Waals surface area contributed by atoms with Gasteiger partial charge in [-0.3, -0.25) is 4.79 Å². The van der Waals surface area contributed by atoms with Crippen LogP contribution in [-0.2, 0) is 17.9 Å². The summed E-state index contributed by atoms with van der Waals surface area (Å²) in [5, 5.41) is 4.05. The number of thiophene rings is 2. The van der Waals surface area contributed by atoms with E-state index in [1.54, 1.807) is 29.8 Å². The summed E-state index contributed by atoms with van der Waals surface area (Å²) in [5.41, 5.74) is 1.02. The van der Waals surface area contributed by atoms with Gasteiger partial charge in [-0.15, -0.1) is 22.7 Å². The third kappa shape index (κ3) is 5.47. The third-order valence-corrected chi connectivity index (χ3v) is 5.83. The van der Waals surface area contributed by atoms with Crippen molar-refractivity contribution in [1.82, 2.24) is 4.90 Å². The van der Waals surface area contributed by atoms with Crippen molar-refractivity contribution in [2.75, 3.05) is 13.7 Å². The van der Waals surface area contributed by atoms with E-state index in [4.69, 9.17) is 9.47 Å². The average Bonchev–Trinajstić information content (AvgIpc) is 3.40. The lowest BCUT2D eigenvalue weighted by Gasteiger charge is -2.22. The second-order valence-electron chi connectivity index (χ2n) is 6.11. The van der Waals surface area contributed by atoms with Crippen LogP contribution in [-0.4, -0.2) is 24.5 Å². The Labute approximate surface area is 173 Å². The molecule has 0 aliphatic carbocycles. The molecule has 0 aliphatic rings. The van der Waals surface area contributed by atoms with Crippen LogP contribution in [0.1, 0.15) is 22.2 Å². The van der Waals surface area contributed by atoms with E-state index in [1.807, 2.05) is 77.2 Å². The zero-order chi connectivity index (χ0) is 19.8. The molecular weight excluding hydrogens is 390 g/mol. The largest absolute Gasteiger partial charge is 0.493 e. The van der Waals surface area contributed by atoms with Gasteiger partial charge in [0.25, 0.3) is 5.91 Å². The average molecular weight is 414 g/mol. The zero-order valence-electron chi connectivity index (χ0n) is 16.0. The topological polar surface area (TPSA) is 38.8 Å². The maximum absolute atomic E-state index is 12.9. The molecule has 2 aromatic heterocycles. The van der Waals surface area contributed by atoms with Crippen molar-refractivity contribution in [2.24, 2.45) is 0 Å². The predicted molar refractivity (Wildman–Crippen MR) is 116 cm³/mol. The molecule has 0 radical (unpaired) electrons. The summed E-state index contributed by atoms with van der Waals surface area (Å²) in [4.78, 5) is 17.0. The Morgan fingerprint density at radius 1 is 1.04 bits per heavy atom. The van der Waals surface area contributed by atoms with E-state index >= 15 is 0 Å². The van der Waals surface area contributed by atoms with Crippen LogP contribution in [0.25, 0.3) is 6.08 Å². The first-order chi connectivity index (χ1) is 13.7. The van der Waals surface area contributed by atoms with Crippen molar-refractivity contribution < 1.29 is 14.3 Å². The second kappa shape index (κ2) is 10.1. The fourth-order valence-corrected chi connectivity index (χ4v) is 4.18. The number of methoxy groups -OCH3 is 1. The molecule has 0 saturated carbocycles. The highest BCUT2D eigenvalue weighted by molar-refractivity contribution is 7.10. The van der Waals surface area contributed by atoms with E-state index in [1.165, 1.54) is 0 Å². The molecule has 0 unspecified atom stereocenters. The van der Waals surface area contributed by atoms with E-state index in [2.05, 4.69) is 0 Å². The fraction of sp³-hybridized carbons (Fsp3) is 0.227. The first-order valence-corrected chi connectivity index (χ1v) is 10.7. The third-order valence-electron chi connectivity index (χ3n) is 4.10. The number of allylic oxidation sites excluding steroid dienone is 1. The highest BCUT2D eigenvalue weighted by Gasteiger charge is 2.17. The minimum Gasteiger partial charge on any atom is -0.493 e. The number of rotatable bonds is 9. The molecular formula is C22H23NO3S2. The highest BCUT2D eigenvalue weighted by atomic mass is 32.1.